The summed E-state index contributed by atoms with van der Waals surface area (Å²) in [5, 5.41) is 2.64. The van der Waals surface area contributed by atoms with Gasteiger partial charge >= 0.3 is 6.09 Å². The maximum absolute atomic E-state index is 11.2. The molecule has 0 spiro atoms. The smallest absolute Gasteiger partial charge is 0.407 e. The first-order chi connectivity index (χ1) is 7.22. The maximum Gasteiger partial charge on any atom is 0.407 e. The molecule has 1 aromatic heterocycles. The van der Waals surface area contributed by atoms with Crippen LogP contribution in [0.15, 0.2) is 24.4 Å². The Hall–Kier alpha value is -1.58. The summed E-state index contributed by atoms with van der Waals surface area (Å²) in [7, 11) is 0. The molecule has 0 aliphatic heterocycles. The molecule has 4 nitrogen and oxygen atoms in total. The summed E-state index contributed by atoms with van der Waals surface area (Å²) in [6, 6.07) is 5.56. The molecule has 1 aromatic rings. The Bertz CT molecular complexity index is 301. The van der Waals surface area contributed by atoms with Crippen LogP contribution in [0.25, 0.3) is 0 Å². The summed E-state index contributed by atoms with van der Waals surface area (Å²) >= 11 is 0. The fraction of sp³-hybridized carbons (Fsp3) is 0.455. The van der Waals surface area contributed by atoms with E-state index in [2.05, 4.69) is 10.3 Å². The minimum atomic E-state index is -0.394. The van der Waals surface area contributed by atoms with Crippen LogP contribution in [0.2, 0.25) is 0 Å². The lowest BCUT2D eigenvalue weighted by Gasteiger charge is -2.11. The van der Waals surface area contributed by atoms with Crippen molar-refractivity contribution in [2.75, 3.05) is 0 Å². The van der Waals surface area contributed by atoms with E-state index < -0.39 is 6.09 Å². The molecule has 1 atom stereocenters. The van der Waals surface area contributed by atoms with E-state index in [1.807, 2.05) is 32.0 Å². The number of ether oxygens (including phenoxy) is 1. The third kappa shape index (κ3) is 4.44. The summed E-state index contributed by atoms with van der Waals surface area (Å²) in [5.41, 5.74) is 0.818. The number of nitrogens with zero attached hydrogens (tertiary/aromatic N) is 1. The average molecular weight is 208 g/mol. The van der Waals surface area contributed by atoms with E-state index in [0.29, 0.717) is 6.54 Å². The third-order valence-electron chi connectivity index (χ3n) is 2.02. The number of carbonyl (C=O) groups excluding carboxylic acids is 1. The summed E-state index contributed by atoms with van der Waals surface area (Å²) in [5.74, 6) is 0. The van der Waals surface area contributed by atoms with Gasteiger partial charge in [-0.1, -0.05) is 13.0 Å². The molecule has 15 heavy (non-hydrogen) atoms. The van der Waals surface area contributed by atoms with E-state index in [1.165, 1.54) is 0 Å². The molecule has 4 heteroatoms. The van der Waals surface area contributed by atoms with Crippen LogP contribution in [0, 0.1) is 0 Å². The molecule has 1 N–H and O–H groups in total. The van der Waals surface area contributed by atoms with Crippen molar-refractivity contribution in [1.82, 2.24) is 10.3 Å². The van der Waals surface area contributed by atoms with Crippen molar-refractivity contribution in [2.45, 2.75) is 32.9 Å². The molecule has 0 aromatic carbocycles. The van der Waals surface area contributed by atoms with Gasteiger partial charge in [-0.3, -0.25) is 4.98 Å². The number of hydrogen-bond donors (Lipinski definition) is 1. The number of hydrogen-bond acceptors (Lipinski definition) is 3. The Morgan fingerprint density at radius 1 is 1.60 bits per heavy atom. The fourth-order valence-corrected chi connectivity index (χ4v) is 0.973. The van der Waals surface area contributed by atoms with Crippen LogP contribution < -0.4 is 5.32 Å². The van der Waals surface area contributed by atoms with E-state index in [9.17, 15) is 4.79 Å². The molecule has 1 rings (SSSR count). The molecule has 0 fully saturated rings. The van der Waals surface area contributed by atoms with Gasteiger partial charge in [-0.15, -0.1) is 0 Å². The van der Waals surface area contributed by atoms with Gasteiger partial charge < -0.3 is 10.1 Å². The minimum absolute atomic E-state index is 0.0475. The summed E-state index contributed by atoms with van der Waals surface area (Å²) in [6.07, 6.45) is 2.07. The highest BCUT2D eigenvalue weighted by Gasteiger charge is 2.06. The van der Waals surface area contributed by atoms with Crippen molar-refractivity contribution in [3.63, 3.8) is 0 Å². The van der Waals surface area contributed by atoms with Crippen LogP contribution in [0.1, 0.15) is 26.0 Å². The van der Waals surface area contributed by atoms with Crippen LogP contribution in [0.4, 0.5) is 4.79 Å². The van der Waals surface area contributed by atoms with Crippen LogP contribution in [-0.4, -0.2) is 17.2 Å². The number of alkyl carbamates (subject to hydrolysis) is 1. The molecule has 82 valence electrons. The maximum atomic E-state index is 11.2. The van der Waals surface area contributed by atoms with Crippen molar-refractivity contribution in [1.29, 1.82) is 0 Å². The van der Waals surface area contributed by atoms with Gasteiger partial charge in [0.25, 0.3) is 0 Å². The van der Waals surface area contributed by atoms with E-state index in [0.717, 1.165) is 12.1 Å². The van der Waals surface area contributed by atoms with Gasteiger partial charge in [0, 0.05) is 6.20 Å². The standard InChI is InChI=1S/C11H16N2O2/c1-3-9(2)15-11(14)13-8-10-6-4-5-7-12-10/h4-7,9H,3,8H2,1-2H3,(H,13,14). The van der Waals surface area contributed by atoms with Crippen LogP contribution in [0.3, 0.4) is 0 Å². The van der Waals surface area contributed by atoms with E-state index >= 15 is 0 Å². The first-order valence-corrected chi connectivity index (χ1v) is 5.06. The topological polar surface area (TPSA) is 51.2 Å². The zero-order valence-corrected chi connectivity index (χ0v) is 9.06. The minimum Gasteiger partial charge on any atom is -0.447 e. The number of amides is 1. The zero-order valence-electron chi connectivity index (χ0n) is 9.06. The van der Waals surface area contributed by atoms with Crippen molar-refractivity contribution in [2.24, 2.45) is 0 Å². The van der Waals surface area contributed by atoms with Crippen LogP contribution >= 0.6 is 0 Å². The first-order valence-electron chi connectivity index (χ1n) is 5.06. The van der Waals surface area contributed by atoms with Gasteiger partial charge in [0.15, 0.2) is 0 Å². The van der Waals surface area contributed by atoms with Crippen molar-refractivity contribution >= 4 is 6.09 Å². The highest BCUT2D eigenvalue weighted by molar-refractivity contribution is 5.67. The van der Waals surface area contributed by atoms with E-state index in [4.69, 9.17) is 4.74 Å². The molecule has 0 saturated carbocycles. The summed E-state index contributed by atoms with van der Waals surface area (Å²) < 4.78 is 5.04. The second-order valence-electron chi connectivity index (χ2n) is 3.30. The average Bonchev–Trinajstić information content (AvgIpc) is 2.27. The van der Waals surface area contributed by atoms with Gasteiger partial charge in [-0.25, -0.2) is 4.79 Å². The molecule has 0 aliphatic carbocycles. The lowest BCUT2D eigenvalue weighted by atomic mass is 10.3. The van der Waals surface area contributed by atoms with Crippen LogP contribution in [-0.2, 0) is 11.3 Å². The Kier molecular flexibility index (Phi) is 4.60. The van der Waals surface area contributed by atoms with Gasteiger partial charge in [0.2, 0.25) is 0 Å². The normalized spacial score (nSPS) is 11.9. The largest absolute Gasteiger partial charge is 0.447 e. The quantitative estimate of drug-likeness (QED) is 0.824. The molecule has 1 unspecified atom stereocenters. The Morgan fingerprint density at radius 2 is 2.40 bits per heavy atom. The van der Waals surface area contributed by atoms with Gasteiger partial charge in [0.1, 0.15) is 6.10 Å². The predicted octanol–water partition coefficient (Wildman–Crippen LogP) is 2.11. The molecule has 1 amide bonds. The van der Waals surface area contributed by atoms with E-state index in [1.54, 1.807) is 6.20 Å². The Labute approximate surface area is 89.7 Å². The van der Waals surface area contributed by atoms with Gasteiger partial charge in [-0.2, -0.15) is 0 Å². The predicted molar refractivity (Wildman–Crippen MR) is 57.3 cm³/mol. The SMILES string of the molecule is CCC(C)OC(=O)NCc1ccccn1. The van der Waals surface area contributed by atoms with Crippen molar-refractivity contribution in [3.05, 3.63) is 30.1 Å². The van der Waals surface area contributed by atoms with Gasteiger partial charge in [0.05, 0.1) is 12.2 Å². The number of nitrogens with one attached hydrogen (secondary N) is 1. The molecular weight excluding hydrogens is 192 g/mol. The monoisotopic (exact) mass is 208 g/mol. The van der Waals surface area contributed by atoms with Crippen molar-refractivity contribution in [3.8, 4) is 0 Å². The highest BCUT2D eigenvalue weighted by atomic mass is 16.6. The highest BCUT2D eigenvalue weighted by Crippen LogP contribution is 1.97. The molecule has 0 radical (unpaired) electrons. The molecular formula is C11H16N2O2. The molecule has 1 heterocycles. The lowest BCUT2D eigenvalue weighted by Crippen LogP contribution is -2.27. The van der Waals surface area contributed by atoms with Gasteiger partial charge in [-0.05, 0) is 25.5 Å². The van der Waals surface area contributed by atoms with Crippen molar-refractivity contribution < 1.29 is 9.53 Å². The third-order valence-corrected chi connectivity index (χ3v) is 2.02. The Morgan fingerprint density at radius 3 is 3.00 bits per heavy atom. The molecule has 0 bridgehead atoms. The van der Waals surface area contributed by atoms with Crippen LogP contribution in [0.5, 0.6) is 0 Å². The summed E-state index contributed by atoms with van der Waals surface area (Å²) in [4.78, 5) is 15.3. The number of rotatable bonds is 4. The second-order valence-corrected chi connectivity index (χ2v) is 3.30. The molecule has 0 aliphatic rings. The number of aromatic nitrogens is 1. The number of carbonyl (C=O) groups is 1. The fourth-order valence-electron chi connectivity index (χ4n) is 0.973. The number of pyridine rings is 1. The van der Waals surface area contributed by atoms with E-state index in [-0.39, 0.29) is 6.10 Å². The lowest BCUT2D eigenvalue weighted by molar-refractivity contribution is 0.104. The zero-order chi connectivity index (χ0) is 11.1. The second kappa shape index (κ2) is 6.01. The Balaban J connectivity index is 2.29. The molecule has 0 saturated heterocycles. The first kappa shape index (κ1) is 11.5. The summed E-state index contributed by atoms with van der Waals surface area (Å²) in [6.45, 7) is 4.23.